The van der Waals surface area contributed by atoms with Crippen molar-refractivity contribution in [2.24, 2.45) is 0 Å². The van der Waals surface area contributed by atoms with Gasteiger partial charge in [-0.2, -0.15) is 0 Å². The van der Waals surface area contributed by atoms with Crippen LogP contribution in [0.5, 0.6) is 0 Å². The fourth-order valence-electron chi connectivity index (χ4n) is 0.662. The van der Waals surface area contributed by atoms with Crippen LogP contribution in [0.15, 0.2) is 43.2 Å². The molecule has 2 rings (SSSR count). The van der Waals surface area contributed by atoms with Crippen molar-refractivity contribution in [1.82, 2.24) is 19.9 Å². The number of carbonyl (C=O) groups is 1. The standard InChI is InChI=1S/C5H5N.C4H3N3O2/c1-2-4-6-5-3-1;8-4(9)3-6-1-5-2-7-3/h1-5H;1-2H,(H,8,9). The lowest BCUT2D eigenvalue weighted by atomic mass is 10.5. The summed E-state index contributed by atoms with van der Waals surface area (Å²) in [6.45, 7) is 0. The highest BCUT2D eigenvalue weighted by Gasteiger charge is 2.01. The van der Waals surface area contributed by atoms with Gasteiger partial charge in [-0.3, -0.25) is 4.98 Å². The first-order valence-electron chi connectivity index (χ1n) is 4.01. The van der Waals surface area contributed by atoms with E-state index in [0.717, 1.165) is 12.7 Å². The van der Waals surface area contributed by atoms with E-state index in [0.29, 0.717) is 0 Å². The quantitative estimate of drug-likeness (QED) is 0.733. The van der Waals surface area contributed by atoms with Crippen molar-refractivity contribution in [3.63, 3.8) is 0 Å². The lowest BCUT2D eigenvalue weighted by Gasteiger charge is -1.85. The third kappa shape index (κ3) is 4.41. The molecular weight excluding hydrogens is 196 g/mol. The van der Waals surface area contributed by atoms with E-state index in [-0.39, 0.29) is 5.82 Å². The average molecular weight is 204 g/mol. The maximum Gasteiger partial charge on any atom is 0.374 e. The summed E-state index contributed by atoms with van der Waals surface area (Å²) in [5, 5.41) is 8.23. The predicted molar refractivity (Wildman–Crippen MR) is 51.0 cm³/mol. The van der Waals surface area contributed by atoms with Crippen LogP contribution in [-0.4, -0.2) is 31.0 Å². The molecule has 0 aliphatic heterocycles. The molecule has 0 amide bonds. The second kappa shape index (κ2) is 6.14. The van der Waals surface area contributed by atoms with Gasteiger partial charge in [-0.25, -0.2) is 19.7 Å². The summed E-state index contributed by atoms with van der Waals surface area (Å²) in [6, 6.07) is 5.72. The van der Waals surface area contributed by atoms with Gasteiger partial charge in [0.2, 0.25) is 5.82 Å². The summed E-state index contributed by atoms with van der Waals surface area (Å²) in [7, 11) is 0. The van der Waals surface area contributed by atoms with E-state index in [2.05, 4.69) is 19.9 Å². The van der Waals surface area contributed by atoms with Crippen molar-refractivity contribution in [2.75, 3.05) is 0 Å². The topological polar surface area (TPSA) is 88.9 Å². The smallest absolute Gasteiger partial charge is 0.374 e. The minimum absolute atomic E-state index is 0.231. The summed E-state index contributed by atoms with van der Waals surface area (Å²) in [5.41, 5.74) is 0. The molecule has 0 aromatic carbocycles. The number of carboxylic acid groups (broad SMARTS) is 1. The van der Waals surface area contributed by atoms with Crippen LogP contribution < -0.4 is 0 Å². The van der Waals surface area contributed by atoms with E-state index in [9.17, 15) is 4.79 Å². The van der Waals surface area contributed by atoms with Crippen LogP contribution in [0.3, 0.4) is 0 Å². The van der Waals surface area contributed by atoms with Gasteiger partial charge in [-0.05, 0) is 12.1 Å². The van der Waals surface area contributed by atoms with Crippen molar-refractivity contribution >= 4 is 5.97 Å². The molecule has 2 heterocycles. The van der Waals surface area contributed by atoms with Crippen LogP contribution in [0.25, 0.3) is 0 Å². The van der Waals surface area contributed by atoms with Gasteiger partial charge in [0.15, 0.2) is 0 Å². The van der Waals surface area contributed by atoms with Crippen LogP contribution in [0, 0.1) is 0 Å². The number of pyridine rings is 1. The lowest BCUT2D eigenvalue weighted by Crippen LogP contribution is -2.02. The largest absolute Gasteiger partial charge is 0.475 e. The molecule has 1 N–H and O–H groups in total. The van der Waals surface area contributed by atoms with Crippen LogP contribution in [0.1, 0.15) is 10.6 Å². The molecule has 0 atom stereocenters. The molecule has 0 aliphatic rings. The Bertz CT molecular complexity index is 367. The van der Waals surface area contributed by atoms with Crippen molar-refractivity contribution in [2.45, 2.75) is 0 Å². The molecule has 6 nitrogen and oxygen atoms in total. The Kier molecular flexibility index (Phi) is 4.38. The molecule has 0 fully saturated rings. The van der Waals surface area contributed by atoms with Crippen molar-refractivity contribution in [1.29, 1.82) is 0 Å². The second-order valence-corrected chi connectivity index (χ2v) is 2.29. The molecule has 15 heavy (non-hydrogen) atoms. The normalized spacial score (nSPS) is 8.53. The SMILES string of the molecule is O=C(O)c1ncncn1.c1ccncc1. The van der Waals surface area contributed by atoms with Crippen LogP contribution in [-0.2, 0) is 0 Å². The number of aromatic nitrogens is 4. The Hall–Kier alpha value is -2.37. The summed E-state index contributed by atoms with van der Waals surface area (Å²) in [4.78, 5) is 24.0. The molecule has 76 valence electrons. The van der Waals surface area contributed by atoms with Gasteiger partial charge in [0.25, 0.3) is 0 Å². The van der Waals surface area contributed by atoms with Gasteiger partial charge >= 0.3 is 5.97 Å². The van der Waals surface area contributed by atoms with Crippen molar-refractivity contribution in [3.8, 4) is 0 Å². The second-order valence-electron chi connectivity index (χ2n) is 2.29. The molecule has 0 saturated carbocycles. The number of carboxylic acids is 1. The molecule has 6 heteroatoms. The Morgan fingerprint density at radius 2 is 1.60 bits per heavy atom. The first-order chi connectivity index (χ1) is 7.30. The van der Waals surface area contributed by atoms with Crippen LogP contribution in [0.4, 0.5) is 0 Å². The number of rotatable bonds is 1. The molecule has 0 bridgehead atoms. The monoisotopic (exact) mass is 204 g/mol. The fraction of sp³-hybridized carbons (Fsp3) is 0. The number of nitrogens with zero attached hydrogens (tertiary/aromatic N) is 4. The molecule has 0 saturated heterocycles. The zero-order valence-electron chi connectivity index (χ0n) is 7.69. The van der Waals surface area contributed by atoms with E-state index < -0.39 is 5.97 Å². The summed E-state index contributed by atoms with van der Waals surface area (Å²) in [6.07, 6.45) is 5.77. The first kappa shape index (κ1) is 10.7. The highest BCUT2D eigenvalue weighted by atomic mass is 16.4. The predicted octanol–water partition coefficient (Wildman–Crippen LogP) is 0.651. The van der Waals surface area contributed by atoms with E-state index in [1.165, 1.54) is 0 Å². The van der Waals surface area contributed by atoms with Gasteiger partial charge in [0.05, 0.1) is 0 Å². The maximum absolute atomic E-state index is 10.0. The molecule has 2 aromatic rings. The van der Waals surface area contributed by atoms with Gasteiger partial charge in [0, 0.05) is 12.4 Å². The minimum Gasteiger partial charge on any atom is -0.475 e. The van der Waals surface area contributed by atoms with Gasteiger partial charge in [0.1, 0.15) is 12.7 Å². The summed E-state index contributed by atoms with van der Waals surface area (Å²) in [5.74, 6) is -1.37. The molecule has 0 radical (unpaired) electrons. The third-order valence-electron chi connectivity index (χ3n) is 1.25. The van der Waals surface area contributed by atoms with Gasteiger partial charge < -0.3 is 5.11 Å². The molecule has 0 aliphatic carbocycles. The number of aromatic carboxylic acids is 1. The lowest BCUT2D eigenvalue weighted by molar-refractivity contribution is 0.0683. The highest BCUT2D eigenvalue weighted by molar-refractivity contribution is 5.82. The number of hydrogen-bond acceptors (Lipinski definition) is 5. The van der Waals surface area contributed by atoms with E-state index in [1.54, 1.807) is 12.4 Å². The molecular formula is C9H8N4O2. The Morgan fingerprint density at radius 3 is 1.87 bits per heavy atom. The first-order valence-corrected chi connectivity index (χ1v) is 4.01. The molecule has 0 unspecified atom stereocenters. The van der Waals surface area contributed by atoms with Crippen molar-refractivity contribution < 1.29 is 9.90 Å². The summed E-state index contributed by atoms with van der Waals surface area (Å²) >= 11 is 0. The Balaban J connectivity index is 0.000000162. The average Bonchev–Trinajstić information content (AvgIpc) is 2.33. The maximum atomic E-state index is 10.0. The number of hydrogen-bond donors (Lipinski definition) is 1. The van der Waals surface area contributed by atoms with E-state index in [1.807, 2.05) is 18.2 Å². The zero-order valence-corrected chi connectivity index (χ0v) is 7.69. The minimum atomic E-state index is -1.14. The Morgan fingerprint density at radius 1 is 1.00 bits per heavy atom. The Labute approximate surface area is 85.7 Å². The van der Waals surface area contributed by atoms with Gasteiger partial charge in [-0.1, -0.05) is 6.07 Å². The van der Waals surface area contributed by atoms with Crippen LogP contribution >= 0.6 is 0 Å². The third-order valence-corrected chi connectivity index (χ3v) is 1.25. The van der Waals surface area contributed by atoms with E-state index >= 15 is 0 Å². The van der Waals surface area contributed by atoms with Crippen LogP contribution in [0.2, 0.25) is 0 Å². The fourth-order valence-corrected chi connectivity index (χ4v) is 0.662. The molecule has 2 aromatic heterocycles. The van der Waals surface area contributed by atoms with E-state index in [4.69, 9.17) is 5.11 Å². The summed E-state index contributed by atoms with van der Waals surface area (Å²) < 4.78 is 0. The zero-order chi connectivity index (χ0) is 10.9. The van der Waals surface area contributed by atoms with Crippen molar-refractivity contribution in [3.05, 3.63) is 49.1 Å². The highest BCUT2D eigenvalue weighted by Crippen LogP contribution is 1.81. The van der Waals surface area contributed by atoms with Gasteiger partial charge in [-0.15, -0.1) is 0 Å². The molecule has 0 spiro atoms.